The maximum Gasteiger partial charge on any atom is 0.303 e. The van der Waals surface area contributed by atoms with Crippen LogP contribution in [0.3, 0.4) is 0 Å². The van der Waals surface area contributed by atoms with Gasteiger partial charge in [-0.15, -0.1) is 0 Å². The van der Waals surface area contributed by atoms with Crippen LogP contribution in [-0.4, -0.2) is 11.1 Å². The molecule has 2 atom stereocenters. The molecule has 1 aromatic rings. The van der Waals surface area contributed by atoms with Crippen LogP contribution in [0.1, 0.15) is 96.5 Å². The second-order valence-corrected chi connectivity index (χ2v) is 8.25. The third-order valence-electron chi connectivity index (χ3n) is 5.81. The molecule has 0 aromatic heterocycles. The highest BCUT2D eigenvalue weighted by Gasteiger charge is 2.14. The zero-order valence-electron chi connectivity index (χ0n) is 18.2. The number of benzene rings is 1. The number of carbonyl (C=O) groups is 1. The summed E-state index contributed by atoms with van der Waals surface area (Å²) >= 11 is 0. The van der Waals surface area contributed by atoms with E-state index in [9.17, 15) is 9.90 Å². The molecule has 1 aromatic carbocycles. The zero-order valence-corrected chi connectivity index (χ0v) is 18.2. The molecule has 158 valence electrons. The van der Waals surface area contributed by atoms with Crippen LogP contribution >= 0.6 is 0 Å². The molecule has 1 N–H and O–H groups in total. The molecule has 0 amide bonds. The standard InChI is InChI=1S/C26H42O2/c1-3-5-6-7-8-9-11-15-23(4-2)18-14-19-25(22-26(27)28)21-20-24-16-12-10-13-17-24/h9-13,16-17,23,25H,3-8,14-15,18-22H2,1-2H3,(H,27,28)/t23-,25+/m0/s1. The molecule has 0 aliphatic carbocycles. The van der Waals surface area contributed by atoms with E-state index >= 15 is 0 Å². The molecule has 0 saturated carbocycles. The SMILES string of the molecule is CCCCCCC=CC[C@H](CC)CCC[C@H](CCc1ccccc1)CC(=O)O. The number of carboxylic acids is 1. The largest absolute Gasteiger partial charge is 0.481 e. The molecule has 0 unspecified atom stereocenters. The molecule has 0 aliphatic heterocycles. The quantitative estimate of drug-likeness (QED) is 0.219. The highest BCUT2D eigenvalue weighted by molar-refractivity contribution is 5.67. The van der Waals surface area contributed by atoms with Gasteiger partial charge in [-0.1, -0.05) is 94.9 Å². The van der Waals surface area contributed by atoms with Gasteiger partial charge in [0.25, 0.3) is 0 Å². The van der Waals surface area contributed by atoms with Crippen molar-refractivity contribution in [2.75, 3.05) is 0 Å². The van der Waals surface area contributed by atoms with E-state index in [4.69, 9.17) is 0 Å². The first kappa shape index (κ1) is 24.5. The van der Waals surface area contributed by atoms with Crippen LogP contribution in [0.25, 0.3) is 0 Å². The van der Waals surface area contributed by atoms with Gasteiger partial charge in [-0.25, -0.2) is 0 Å². The van der Waals surface area contributed by atoms with Gasteiger partial charge >= 0.3 is 5.97 Å². The minimum absolute atomic E-state index is 0.296. The van der Waals surface area contributed by atoms with Crippen molar-refractivity contribution in [3.63, 3.8) is 0 Å². The molecular formula is C26H42O2. The summed E-state index contributed by atoms with van der Waals surface area (Å²) in [5.74, 6) is 0.381. The van der Waals surface area contributed by atoms with Crippen LogP contribution in [-0.2, 0) is 11.2 Å². The Hall–Kier alpha value is -1.57. The van der Waals surface area contributed by atoms with Crippen molar-refractivity contribution in [2.45, 2.75) is 97.3 Å². The third-order valence-corrected chi connectivity index (χ3v) is 5.81. The lowest BCUT2D eigenvalue weighted by atomic mass is 9.88. The fourth-order valence-corrected chi connectivity index (χ4v) is 3.89. The molecular weight excluding hydrogens is 344 g/mol. The van der Waals surface area contributed by atoms with Crippen LogP contribution in [0.5, 0.6) is 0 Å². The summed E-state index contributed by atoms with van der Waals surface area (Å²) in [5.41, 5.74) is 1.31. The lowest BCUT2D eigenvalue weighted by molar-refractivity contribution is -0.138. The van der Waals surface area contributed by atoms with Crippen molar-refractivity contribution in [3.8, 4) is 0 Å². The number of aliphatic carboxylic acids is 1. The Morgan fingerprint density at radius 3 is 2.36 bits per heavy atom. The number of carboxylic acid groups (broad SMARTS) is 1. The van der Waals surface area contributed by atoms with Crippen molar-refractivity contribution in [2.24, 2.45) is 11.8 Å². The Morgan fingerprint density at radius 2 is 1.68 bits per heavy atom. The van der Waals surface area contributed by atoms with Gasteiger partial charge in [-0.3, -0.25) is 4.79 Å². The third kappa shape index (κ3) is 12.8. The van der Waals surface area contributed by atoms with E-state index in [1.54, 1.807) is 0 Å². The van der Waals surface area contributed by atoms with Gasteiger partial charge in [0.2, 0.25) is 0 Å². The molecule has 0 heterocycles. The minimum atomic E-state index is -0.656. The molecule has 0 spiro atoms. The van der Waals surface area contributed by atoms with Crippen LogP contribution in [0.2, 0.25) is 0 Å². The van der Waals surface area contributed by atoms with E-state index in [0.29, 0.717) is 12.3 Å². The number of rotatable bonds is 17. The van der Waals surface area contributed by atoms with E-state index in [1.807, 2.05) is 6.07 Å². The van der Waals surface area contributed by atoms with Gasteiger partial charge in [0, 0.05) is 6.42 Å². The summed E-state index contributed by atoms with van der Waals surface area (Å²) in [6.07, 6.45) is 19.4. The van der Waals surface area contributed by atoms with Crippen LogP contribution in [0, 0.1) is 11.8 Å². The molecule has 0 saturated heterocycles. The predicted octanol–water partition coefficient (Wildman–Crippen LogP) is 7.82. The number of allylic oxidation sites excluding steroid dienone is 2. The molecule has 0 radical (unpaired) electrons. The van der Waals surface area contributed by atoms with Crippen molar-refractivity contribution >= 4 is 5.97 Å². The van der Waals surface area contributed by atoms with Gasteiger partial charge in [-0.2, -0.15) is 0 Å². The first-order valence-electron chi connectivity index (χ1n) is 11.6. The fraction of sp³-hybridized carbons (Fsp3) is 0.654. The first-order valence-corrected chi connectivity index (χ1v) is 11.6. The van der Waals surface area contributed by atoms with Crippen molar-refractivity contribution < 1.29 is 9.90 Å². The Labute approximate surface area is 173 Å². The number of unbranched alkanes of at least 4 members (excludes halogenated alkanes) is 4. The summed E-state index contributed by atoms with van der Waals surface area (Å²) in [7, 11) is 0. The Morgan fingerprint density at radius 1 is 0.929 bits per heavy atom. The predicted molar refractivity (Wildman–Crippen MR) is 121 cm³/mol. The monoisotopic (exact) mass is 386 g/mol. The molecule has 2 heteroatoms. The van der Waals surface area contributed by atoms with Crippen molar-refractivity contribution in [3.05, 3.63) is 48.0 Å². The minimum Gasteiger partial charge on any atom is -0.481 e. The summed E-state index contributed by atoms with van der Waals surface area (Å²) in [6.45, 7) is 4.54. The Kier molecular flexibility index (Phi) is 14.3. The van der Waals surface area contributed by atoms with Gasteiger partial charge in [0.1, 0.15) is 0 Å². The average molecular weight is 387 g/mol. The molecule has 0 bridgehead atoms. The molecule has 28 heavy (non-hydrogen) atoms. The molecule has 2 nitrogen and oxygen atoms in total. The zero-order chi connectivity index (χ0) is 20.5. The lowest BCUT2D eigenvalue weighted by Crippen LogP contribution is -2.10. The number of hydrogen-bond donors (Lipinski definition) is 1. The van der Waals surface area contributed by atoms with Crippen LogP contribution in [0.4, 0.5) is 0 Å². The second kappa shape index (κ2) is 16.4. The molecule has 0 aliphatic rings. The van der Waals surface area contributed by atoms with Gasteiger partial charge in [0.15, 0.2) is 0 Å². The van der Waals surface area contributed by atoms with E-state index in [0.717, 1.165) is 31.6 Å². The van der Waals surface area contributed by atoms with Crippen LogP contribution in [0.15, 0.2) is 42.5 Å². The van der Waals surface area contributed by atoms with Crippen LogP contribution < -0.4 is 0 Å². The van der Waals surface area contributed by atoms with Crippen molar-refractivity contribution in [1.82, 2.24) is 0 Å². The summed E-state index contributed by atoms with van der Waals surface area (Å²) in [5, 5.41) is 9.25. The second-order valence-electron chi connectivity index (χ2n) is 8.25. The van der Waals surface area contributed by atoms with E-state index in [-0.39, 0.29) is 0 Å². The molecule has 1 rings (SSSR count). The first-order chi connectivity index (χ1) is 13.7. The smallest absolute Gasteiger partial charge is 0.303 e. The van der Waals surface area contributed by atoms with E-state index in [2.05, 4.69) is 50.3 Å². The van der Waals surface area contributed by atoms with E-state index in [1.165, 1.54) is 56.9 Å². The fourth-order valence-electron chi connectivity index (χ4n) is 3.89. The normalized spacial score (nSPS) is 13.6. The van der Waals surface area contributed by atoms with Crippen molar-refractivity contribution in [1.29, 1.82) is 0 Å². The van der Waals surface area contributed by atoms with E-state index < -0.39 is 5.97 Å². The molecule has 0 fully saturated rings. The Bertz CT molecular complexity index is 520. The Balaban J connectivity index is 2.29. The highest BCUT2D eigenvalue weighted by atomic mass is 16.4. The highest BCUT2D eigenvalue weighted by Crippen LogP contribution is 2.24. The maximum atomic E-state index is 11.2. The number of aryl methyl sites for hydroxylation is 1. The van der Waals surface area contributed by atoms with Gasteiger partial charge in [0.05, 0.1) is 0 Å². The summed E-state index contributed by atoms with van der Waals surface area (Å²) in [4.78, 5) is 11.2. The van der Waals surface area contributed by atoms with Gasteiger partial charge < -0.3 is 5.11 Å². The maximum absolute atomic E-state index is 11.2. The summed E-state index contributed by atoms with van der Waals surface area (Å²) < 4.78 is 0. The topological polar surface area (TPSA) is 37.3 Å². The average Bonchev–Trinajstić information content (AvgIpc) is 2.70. The number of hydrogen-bond acceptors (Lipinski definition) is 1. The van der Waals surface area contributed by atoms with Gasteiger partial charge in [-0.05, 0) is 55.9 Å². The summed E-state index contributed by atoms with van der Waals surface area (Å²) in [6, 6.07) is 10.4. The lowest BCUT2D eigenvalue weighted by Gasteiger charge is -2.17.